The molecule has 3 aromatic rings. The standard InChI is InChI=1S/C20H16N2O6/c1-27-19(25)15-16(21-22-17(15)20(26)28-2)13-9-5-3-7-11(13)12-8-4-6-10-14(12)18(23)24/h3-10H,1-2H3,(H,21,22)(H,23,24). The van der Waals surface area contributed by atoms with Gasteiger partial charge in [-0.3, -0.25) is 5.10 Å². The van der Waals surface area contributed by atoms with E-state index in [0.717, 1.165) is 0 Å². The molecule has 0 saturated heterocycles. The number of hydrogen-bond donors (Lipinski definition) is 2. The van der Waals surface area contributed by atoms with Gasteiger partial charge in [-0.1, -0.05) is 42.5 Å². The molecular formula is C20H16N2O6. The fourth-order valence-electron chi connectivity index (χ4n) is 2.92. The predicted molar refractivity (Wildman–Crippen MR) is 99.1 cm³/mol. The number of carbonyl (C=O) groups excluding carboxylic acids is 2. The minimum absolute atomic E-state index is 0.0883. The number of nitrogens with zero attached hydrogens (tertiary/aromatic N) is 1. The van der Waals surface area contributed by atoms with Gasteiger partial charge in [-0.25, -0.2) is 14.4 Å². The number of carboxylic acid groups (broad SMARTS) is 1. The monoisotopic (exact) mass is 380 g/mol. The number of aromatic nitrogens is 2. The van der Waals surface area contributed by atoms with Crippen molar-refractivity contribution in [1.82, 2.24) is 10.2 Å². The van der Waals surface area contributed by atoms with E-state index in [1.807, 2.05) is 0 Å². The average Bonchev–Trinajstić information content (AvgIpc) is 3.17. The van der Waals surface area contributed by atoms with Crippen LogP contribution < -0.4 is 0 Å². The molecule has 0 spiro atoms. The zero-order valence-electron chi connectivity index (χ0n) is 15.1. The summed E-state index contributed by atoms with van der Waals surface area (Å²) in [5.74, 6) is -2.64. The number of H-pyrrole nitrogens is 1. The molecule has 0 aliphatic heterocycles. The zero-order valence-corrected chi connectivity index (χ0v) is 15.1. The third-order valence-electron chi connectivity index (χ3n) is 4.18. The molecule has 0 fully saturated rings. The summed E-state index contributed by atoms with van der Waals surface area (Å²) in [5, 5.41) is 16.1. The van der Waals surface area contributed by atoms with Gasteiger partial charge >= 0.3 is 17.9 Å². The van der Waals surface area contributed by atoms with Gasteiger partial charge in [0.1, 0.15) is 11.3 Å². The van der Waals surface area contributed by atoms with Gasteiger partial charge in [0.25, 0.3) is 0 Å². The number of esters is 2. The minimum atomic E-state index is -1.09. The lowest BCUT2D eigenvalue weighted by molar-refractivity contribution is 0.0552. The molecule has 0 amide bonds. The minimum Gasteiger partial charge on any atom is -0.478 e. The van der Waals surface area contributed by atoms with E-state index in [0.29, 0.717) is 16.7 Å². The SMILES string of the molecule is COC(=O)c1[nH]nc(-c2ccccc2-c2ccccc2C(=O)O)c1C(=O)OC. The Hall–Kier alpha value is -3.94. The average molecular weight is 380 g/mol. The second-order valence-electron chi connectivity index (χ2n) is 5.70. The normalized spacial score (nSPS) is 10.4. The van der Waals surface area contributed by atoms with E-state index < -0.39 is 17.9 Å². The summed E-state index contributed by atoms with van der Waals surface area (Å²) in [6, 6.07) is 13.3. The Bertz CT molecular complexity index is 1070. The van der Waals surface area contributed by atoms with E-state index in [-0.39, 0.29) is 22.5 Å². The number of methoxy groups -OCH3 is 2. The number of ether oxygens (including phenoxy) is 2. The number of carbonyl (C=O) groups is 3. The maximum Gasteiger partial charge on any atom is 0.356 e. The largest absolute Gasteiger partial charge is 0.478 e. The number of aromatic amines is 1. The van der Waals surface area contributed by atoms with Crippen LogP contribution in [-0.2, 0) is 9.47 Å². The van der Waals surface area contributed by atoms with E-state index in [1.165, 1.54) is 20.3 Å². The third kappa shape index (κ3) is 3.23. The second-order valence-corrected chi connectivity index (χ2v) is 5.70. The Morgan fingerprint density at radius 2 is 1.43 bits per heavy atom. The van der Waals surface area contributed by atoms with Gasteiger partial charge < -0.3 is 14.6 Å². The summed E-state index contributed by atoms with van der Waals surface area (Å²) in [4.78, 5) is 36.0. The van der Waals surface area contributed by atoms with Crippen molar-refractivity contribution in [3.63, 3.8) is 0 Å². The van der Waals surface area contributed by atoms with Crippen molar-refractivity contribution in [2.24, 2.45) is 0 Å². The zero-order chi connectivity index (χ0) is 20.3. The fraction of sp³-hybridized carbons (Fsp3) is 0.100. The molecule has 2 aromatic carbocycles. The molecule has 0 saturated carbocycles. The Kier molecular flexibility index (Phi) is 5.21. The van der Waals surface area contributed by atoms with Crippen LogP contribution in [0.4, 0.5) is 0 Å². The molecule has 8 heteroatoms. The van der Waals surface area contributed by atoms with Gasteiger partial charge in [0, 0.05) is 5.56 Å². The first kappa shape index (κ1) is 18.8. The number of benzene rings is 2. The van der Waals surface area contributed by atoms with Crippen LogP contribution in [0.1, 0.15) is 31.2 Å². The maximum absolute atomic E-state index is 12.3. The van der Waals surface area contributed by atoms with Crippen LogP contribution in [0.2, 0.25) is 0 Å². The Morgan fingerprint density at radius 3 is 2.04 bits per heavy atom. The van der Waals surface area contributed by atoms with Crippen molar-refractivity contribution >= 4 is 17.9 Å². The van der Waals surface area contributed by atoms with Crippen LogP contribution in [0.15, 0.2) is 48.5 Å². The van der Waals surface area contributed by atoms with Crippen LogP contribution in [0.25, 0.3) is 22.4 Å². The predicted octanol–water partition coefficient (Wildman–Crippen LogP) is 3.02. The Labute approximate surface area is 159 Å². The van der Waals surface area contributed by atoms with E-state index in [1.54, 1.807) is 42.5 Å². The first-order valence-corrected chi connectivity index (χ1v) is 8.16. The molecule has 142 valence electrons. The van der Waals surface area contributed by atoms with Crippen molar-refractivity contribution in [3.05, 3.63) is 65.4 Å². The number of hydrogen-bond acceptors (Lipinski definition) is 6. The molecule has 0 aliphatic carbocycles. The maximum atomic E-state index is 12.3. The molecule has 3 rings (SSSR count). The smallest absolute Gasteiger partial charge is 0.356 e. The molecule has 0 radical (unpaired) electrons. The Morgan fingerprint density at radius 1 is 0.857 bits per heavy atom. The molecular weight excluding hydrogens is 364 g/mol. The van der Waals surface area contributed by atoms with Gasteiger partial charge in [-0.15, -0.1) is 0 Å². The second kappa shape index (κ2) is 7.75. The van der Waals surface area contributed by atoms with Crippen LogP contribution in [0.5, 0.6) is 0 Å². The van der Waals surface area contributed by atoms with Gasteiger partial charge in [0.05, 0.1) is 19.8 Å². The lowest BCUT2D eigenvalue weighted by atomic mass is 9.92. The van der Waals surface area contributed by atoms with Crippen molar-refractivity contribution < 1.29 is 29.0 Å². The highest BCUT2D eigenvalue weighted by atomic mass is 16.5. The summed E-state index contributed by atoms with van der Waals surface area (Å²) < 4.78 is 9.49. The molecule has 1 heterocycles. The molecule has 0 bridgehead atoms. The number of carboxylic acids is 1. The van der Waals surface area contributed by atoms with Crippen LogP contribution in [0.3, 0.4) is 0 Å². The summed E-state index contributed by atoms with van der Waals surface area (Å²) >= 11 is 0. The molecule has 1 aromatic heterocycles. The molecule has 8 nitrogen and oxygen atoms in total. The highest BCUT2D eigenvalue weighted by Gasteiger charge is 2.28. The Balaban J connectivity index is 2.29. The van der Waals surface area contributed by atoms with Gasteiger partial charge in [-0.2, -0.15) is 5.10 Å². The first-order chi connectivity index (χ1) is 13.5. The summed E-state index contributed by atoms with van der Waals surface area (Å²) in [5.41, 5.74) is 1.46. The number of aromatic carboxylic acids is 1. The first-order valence-electron chi connectivity index (χ1n) is 8.16. The lowest BCUT2D eigenvalue weighted by Gasteiger charge is -2.12. The van der Waals surface area contributed by atoms with E-state index in [2.05, 4.69) is 10.2 Å². The van der Waals surface area contributed by atoms with E-state index >= 15 is 0 Å². The molecule has 0 unspecified atom stereocenters. The van der Waals surface area contributed by atoms with Gasteiger partial charge in [0.2, 0.25) is 0 Å². The highest BCUT2D eigenvalue weighted by molar-refractivity contribution is 6.08. The van der Waals surface area contributed by atoms with E-state index in [4.69, 9.17) is 9.47 Å². The molecule has 2 N–H and O–H groups in total. The summed E-state index contributed by atoms with van der Waals surface area (Å²) in [6.07, 6.45) is 0. The third-order valence-corrected chi connectivity index (χ3v) is 4.18. The number of nitrogens with one attached hydrogen (secondary N) is 1. The highest BCUT2D eigenvalue weighted by Crippen LogP contribution is 2.35. The van der Waals surface area contributed by atoms with Crippen molar-refractivity contribution in [1.29, 1.82) is 0 Å². The van der Waals surface area contributed by atoms with Crippen LogP contribution in [0, 0.1) is 0 Å². The van der Waals surface area contributed by atoms with Crippen LogP contribution in [-0.4, -0.2) is 47.4 Å². The lowest BCUT2D eigenvalue weighted by Crippen LogP contribution is -2.11. The summed E-state index contributed by atoms with van der Waals surface area (Å²) in [7, 11) is 2.37. The van der Waals surface area contributed by atoms with Gasteiger partial charge in [-0.05, 0) is 17.2 Å². The van der Waals surface area contributed by atoms with Gasteiger partial charge in [0.15, 0.2) is 5.69 Å². The fourth-order valence-corrected chi connectivity index (χ4v) is 2.92. The topological polar surface area (TPSA) is 119 Å². The quantitative estimate of drug-likeness (QED) is 0.653. The molecule has 28 heavy (non-hydrogen) atoms. The summed E-state index contributed by atoms with van der Waals surface area (Å²) in [6.45, 7) is 0. The molecule has 0 aliphatic rings. The molecule has 0 atom stereocenters. The van der Waals surface area contributed by atoms with Crippen LogP contribution >= 0.6 is 0 Å². The number of rotatable bonds is 5. The van der Waals surface area contributed by atoms with E-state index in [9.17, 15) is 19.5 Å². The van der Waals surface area contributed by atoms with Crippen molar-refractivity contribution in [2.75, 3.05) is 14.2 Å². The van der Waals surface area contributed by atoms with Crippen molar-refractivity contribution in [2.45, 2.75) is 0 Å². The van der Waals surface area contributed by atoms with Crippen molar-refractivity contribution in [3.8, 4) is 22.4 Å².